The molecule has 0 radical (unpaired) electrons. The summed E-state index contributed by atoms with van der Waals surface area (Å²) in [5, 5.41) is 10.7. The van der Waals surface area contributed by atoms with Gasteiger partial charge in [0.25, 0.3) is 5.69 Å². The molecule has 2 rings (SSSR count). The third kappa shape index (κ3) is 3.05. The van der Waals surface area contributed by atoms with E-state index in [4.69, 9.17) is 4.74 Å². The number of nitro benzene ring substituents is 1. The number of non-ortho nitro benzene ring substituents is 1. The van der Waals surface area contributed by atoms with Crippen LogP contribution in [0.5, 0.6) is 0 Å². The van der Waals surface area contributed by atoms with Gasteiger partial charge in [-0.15, -0.1) is 0 Å². The number of benzene rings is 1. The van der Waals surface area contributed by atoms with E-state index in [-0.39, 0.29) is 37.3 Å². The Hall–Kier alpha value is -2.25. The number of hydrogen-bond acceptors (Lipinski definition) is 5. The van der Waals surface area contributed by atoms with E-state index in [1.807, 2.05) is 13.8 Å². The van der Waals surface area contributed by atoms with E-state index in [0.29, 0.717) is 18.6 Å². The van der Waals surface area contributed by atoms with E-state index in [1.165, 1.54) is 4.90 Å². The van der Waals surface area contributed by atoms with Crippen molar-refractivity contribution in [1.29, 1.82) is 0 Å². The van der Waals surface area contributed by atoms with Crippen molar-refractivity contribution in [1.82, 2.24) is 0 Å². The van der Waals surface area contributed by atoms with Gasteiger partial charge in [-0.2, -0.15) is 0 Å². The van der Waals surface area contributed by atoms with Gasteiger partial charge in [-0.05, 0) is 19.3 Å². The van der Waals surface area contributed by atoms with E-state index in [1.54, 1.807) is 6.92 Å². The molecule has 132 valence electrons. The summed E-state index contributed by atoms with van der Waals surface area (Å²) in [6.07, 6.45) is 0.402. The molecule has 0 bridgehead atoms. The summed E-state index contributed by atoms with van der Waals surface area (Å²) < 4.78 is 33.6. The summed E-state index contributed by atoms with van der Waals surface area (Å²) >= 11 is 0. The molecule has 0 spiro atoms. The van der Waals surface area contributed by atoms with Gasteiger partial charge in [0, 0.05) is 13.1 Å². The van der Waals surface area contributed by atoms with Crippen molar-refractivity contribution in [2.24, 2.45) is 11.3 Å². The Morgan fingerprint density at radius 1 is 1.42 bits per heavy atom. The summed E-state index contributed by atoms with van der Waals surface area (Å²) in [4.78, 5) is 23.6. The normalized spacial score (nSPS) is 20.5. The minimum atomic E-state index is -1.01. The molecular formula is C16H20F2N2O4. The van der Waals surface area contributed by atoms with Crippen LogP contribution >= 0.6 is 0 Å². The van der Waals surface area contributed by atoms with Gasteiger partial charge in [-0.25, -0.2) is 8.78 Å². The van der Waals surface area contributed by atoms with Gasteiger partial charge in [0.05, 0.1) is 29.1 Å². The number of rotatable bonds is 5. The lowest BCUT2D eigenvalue weighted by Gasteiger charge is -2.31. The molecule has 1 fully saturated rings. The Morgan fingerprint density at radius 3 is 2.46 bits per heavy atom. The van der Waals surface area contributed by atoms with Crippen molar-refractivity contribution < 1.29 is 23.2 Å². The average Bonchev–Trinajstić information content (AvgIpc) is 2.93. The second-order valence-corrected chi connectivity index (χ2v) is 6.22. The van der Waals surface area contributed by atoms with Crippen LogP contribution < -0.4 is 4.90 Å². The van der Waals surface area contributed by atoms with E-state index in [0.717, 1.165) is 0 Å². The summed E-state index contributed by atoms with van der Waals surface area (Å²) in [5.41, 5.74) is -1.84. The molecule has 1 unspecified atom stereocenters. The lowest BCUT2D eigenvalue weighted by molar-refractivity contribution is -0.385. The predicted molar refractivity (Wildman–Crippen MR) is 83.7 cm³/mol. The van der Waals surface area contributed by atoms with E-state index in [9.17, 15) is 23.7 Å². The highest BCUT2D eigenvalue weighted by molar-refractivity contribution is 5.79. The largest absolute Gasteiger partial charge is 0.466 e. The molecule has 1 saturated heterocycles. The molecule has 1 aromatic rings. The zero-order valence-electron chi connectivity index (χ0n) is 13.8. The Balaban J connectivity index is 2.36. The Labute approximate surface area is 138 Å². The Kier molecular flexibility index (Phi) is 5.05. The van der Waals surface area contributed by atoms with Gasteiger partial charge in [0.1, 0.15) is 5.69 Å². The lowest BCUT2D eigenvalue weighted by Crippen LogP contribution is -2.41. The highest BCUT2D eigenvalue weighted by Gasteiger charge is 2.49. The Morgan fingerprint density at radius 2 is 2.00 bits per heavy atom. The smallest absolute Gasteiger partial charge is 0.314 e. The molecule has 0 amide bonds. The van der Waals surface area contributed by atoms with Crippen LogP contribution in [0.25, 0.3) is 0 Å². The van der Waals surface area contributed by atoms with Crippen LogP contribution in [0.15, 0.2) is 12.1 Å². The molecule has 1 aliphatic rings. The first kappa shape index (κ1) is 18.1. The molecule has 0 saturated carbocycles. The second-order valence-electron chi connectivity index (χ2n) is 6.22. The molecule has 0 aliphatic carbocycles. The molecule has 1 atom stereocenters. The van der Waals surface area contributed by atoms with Crippen LogP contribution in [-0.2, 0) is 9.53 Å². The van der Waals surface area contributed by atoms with Crippen molar-refractivity contribution in [3.8, 4) is 0 Å². The number of halogens is 2. The van der Waals surface area contributed by atoms with Gasteiger partial charge < -0.3 is 9.64 Å². The van der Waals surface area contributed by atoms with Crippen molar-refractivity contribution in [2.75, 3.05) is 24.6 Å². The van der Waals surface area contributed by atoms with Gasteiger partial charge in [0.15, 0.2) is 11.6 Å². The zero-order valence-corrected chi connectivity index (χ0v) is 13.8. The molecule has 6 nitrogen and oxygen atoms in total. The first-order valence-corrected chi connectivity index (χ1v) is 7.78. The van der Waals surface area contributed by atoms with Crippen LogP contribution in [0.1, 0.15) is 27.2 Å². The fraction of sp³-hybridized carbons (Fsp3) is 0.562. The molecule has 0 N–H and O–H groups in total. The monoisotopic (exact) mass is 342 g/mol. The van der Waals surface area contributed by atoms with Crippen molar-refractivity contribution >= 4 is 17.3 Å². The average molecular weight is 342 g/mol. The van der Waals surface area contributed by atoms with E-state index in [2.05, 4.69) is 0 Å². The van der Waals surface area contributed by atoms with E-state index < -0.39 is 27.7 Å². The number of carbonyl (C=O) groups is 1. The zero-order chi connectivity index (χ0) is 18.1. The van der Waals surface area contributed by atoms with Gasteiger partial charge in [-0.1, -0.05) is 13.8 Å². The molecule has 0 aromatic heterocycles. The standard InChI is InChI=1S/C16H20F2N2O4/c1-4-24-15(21)16(10(2)3)5-6-19(9-16)14-12(17)7-11(20(22)23)8-13(14)18/h7-8,10H,4-6,9H2,1-3H3. The van der Waals surface area contributed by atoms with Crippen molar-refractivity contribution in [3.05, 3.63) is 33.9 Å². The molecule has 8 heteroatoms. The third-order valence-corrected chi connectivity index (χ3v) is 4.62. The van der Waals surface area contributed by atoms with Crippen molar-refractivity contribution in [3.63, 3.8) is 0 Å². The second kappa shape index (κ2) is 6.70. The summed E-state index contributed by atoms with van der Waals surface area (Å²) in [7, 11) is 0. The summed E-state index contributed by atoms with van der Waals surface area (Å²) in [5.74, 6) is -2.48. The highest BCUT2D eigenvalue weighted by atomic mass is 19.1. The number of esters is 1. The minimum Gasteiger partial charge on any atom is -0.466 e. The first-order chi connectivity index (χ1) is 11.2. The number of hydrogen-bond donors (Lipinski definition) is 0. The minimum absolute atomic E-state index is 0.0780. The third-order valence-electron chi connectivity index (χ3n) is 4.62. The SMILES string of the molecule is CCOC(=O)C1(C(C)C)CCN(c2c(F)cc([N+](=O)[O-])cc2F)C1. The predicted octanol–water partition coefficient (Wildman–Crippen LogP) is 3.29. The van der Waals surface area contributed by atoms with Crippen LogP contribution in [-0.4, -0.2) is 30.6 Å². The fourth-order valence-corrected chi connectivity index (χ4v) is 3.13. The molecule has 1 aliphatic heterocycles. The molecular weight excluding hydrogens is 322 g/mol. The fourth-order valence-electron chi connectivity index (χ4n) is 3.13. The number of nitrogens with zero attached hydrogens (tertiary/aromatic N) is 2. The number of nitro groups is 1. The molecule has 1 heterocycles. The highest BCUT2D eigenvalue weighted by Crippen LogP contribution is 2.42. The van der Waals surface area contributed by atoms with Gasteiger partial charge in [-0.3, -0.25) is 14.9 Å². The maximum absolute atomic E-state index is 14.2. The quantitative estimate of drug-likeness (QED) is 0.466. The maximum atomic E-state index is 14.2. The summed E-state index contributed by atoms with van der Waals surface area (Å²) in [6, 6.07) is 1.39. The van der Waals surface area contributed by atoms with Crippen LogP contribution in [0.3, 0.4) is 0 Å². The number of carbonyl (C=O) groups excluding carboxylic acids is 1. The van der Waals surface area contributed by atoms with Crippen molar-refractivity contribution in [2.45, 2.75) is 27.2 Å². The maximum Gasteiger partial charge on any atom is 0.314 e. The Bertz CT molecular complexity index is 642. The van der Waals surface area contributed by atoms with Crippen LogP contribution in [0.2, 0.25) is 0 Å². The first-order valence-electron chi connectivity index (χ1n) is 7.78. The topological polar surface area (TPSA) is 72.7 Å². The molecule has 1 aromatic carbocycles. The number of anilines is 1. The van der Waals surface area contributed by atoms with Crippen LogP contribution in [0, 0.1) is 33.1 Å². The van der Waals surface area contributed by atoms with E-state index >= 15 is 0 Å². The molecule has 24 heavy (non-hydrogen) atoms. The summed E-state index contributed by atoms with van der Waals surface area (Å²) in [6.45, 7) is 6.03. The van der Waals surface area contributed by atoms with Gasteiger partial charge in [0.2, 0.25) is 0 Å². The van der Waals surface area contributed by atoms with Crippen LogP contribution in [0.4, 0.5) is 20.2 Å². The lowest BCUT2D eigenvalue weighted by atomic mass is 9.76. The number of ether oxygens (including phenoxy) is 1. The van der Waals surface area contributed by atoms with Gasteiger partial charge >= 0.3 is 5.97 Å².